The molecule has 0 saturated carbocycles. The molecule has 0 radical (unpaired) electrons. The van der Waals surface area contributed by atoms with Gasteiger partial charge in [-0.05, 0) is 12.1 Å². The number of benzene rings is 1. The standard InChI is InChI=1S/C17H22N4O3/c22-14-18-6-8-20(9-7-18)16(23)17(24)21-12-10-19(11-13-21)15-4-2-1-3-5-15/h1-5,14H,6-13H2. The summed E-state index contributed by atoms with van der Waals surface area (Å²) in [5.74, 6) is -0.879. The number of piperazine rings is 2. The van der Waals surface area contributed by atoms with E-state index in [1.807, 2.05) is 18.2 Å². The number of hydrogen-bond donors (Lipinski definition) is 0. The van der Waals surface area contributed by atoms with E-state index in [1.54, 1.807) is 14.7 Å². The third kappa shape index (κ3) is 3.50. The van der Waals surface area contributed by atoms with Crippen LogP contribution in [0, 0.1) is 0 Å². The van der Waals surface area contributed by atoms with E-state index in [4.69, 9.17) is 0 Å². The molecular weight excluding hydrogens is 308 g/mol. The molecule has 0 aromatic heterocycles. The van der Waals surface area contributed by atoms with E-state index in [0.717, 1.165) is 25.2 Å². The number of hydrogen-bond acceptors (Lipinski definition) is 4. The van der Waals surface area contributed by atoms with Crippen molar-refractivity contribution in [1.82, 2.24) is 14.7 Å². The molecule has 2 fully saturated rings. The lowest BCUT2D eigenvalue weighted by molar-refractivity contribution is -0.153. The Morgan fingerprint density at radius 3 is 1.75 bits per heavy atom. The number of nitrogens with zero attached hydrogens (tertiary/aromatic N) is 4. The fraction of sp³-hybridized carbons (Fsp3) is 0.471. The molecule has 2 aliphatic rings. The van der Waals surface area contributed by atoms with Crippen LogP contribution in [0.2, 0.25) is 0 Å². The summed E-state index contributed by atoms with van der Waals surface area (Å²) in [6, 6.07) is 10.1. The second-order valence-corrected chi connectivity index (χ2v) is 6.05. The molecule has 2 aliphatic heterocycles. The molecule has 7 nitrogen and oxygen atoms in total. The first kappa shape index (κ1) is 16.3. The topological polar surface area (TPSA) is 64.2 Å². The van der Waals surface area contributed by atoms with Crippen LogP contribution in [-0.2, 0) is 14.4 Å². The Hall–Kier alpha value is -2.57. The first-order valence-corrected chi connectivity index (χ1v) is 8.26. The number of rotatable bonds is 2. The number of amides is 3. The monoisotopic (exact) mass is 330 g/mol. The molecule has 7 heteroatoms. The lowest BCUT2D eigenvalue weighted by Gasteiger charge is -2.37. The van der Waals surface area contributed by atoms with Crippen LogP contribution in [0.4, 0.5) is 5.69 Å². The van der Waals surface area contributed by atoms with Crippen LogP contribution in [0.25, 0.3) is 0 Å². The SMILES string of the molecule is O=CN1CCN(C(=O)C(=O)N2CCN(c3ccccc3)CC2)CC1. The van der Waals surface area contributed by atoms with Crippen molar-refractivity contribution < 1.29 is 14.4 Å². The van der Waals surface area contributed by atoms with Crippen molar-refractivity contribution in [2.24, 2.45) is 0 Å². The van der Waals surface area contributed by atoms with Crippen molar-refractivity contribution in [3.8, 4) is 0 Å². The largest absolute Gasteiger partial charge is 0.368 e. The summed E-state index contributed by atoms with van der Waals surface area (Å²) in [5, 5.41) is 0. The Morgan fingerprint density at radius 1 is 0.750 bits per heavy atom. The van der Waals surface area contributed by atoms with E-state index in [2.05, 4.69) is 17.0 Å². The van der Waals surface area contributed by atoms with Gasteiger partial charge in [0.05, 0.1) is 0 Å². The van der Waals surface area contributed by atoms with Crippen LogP contribution in [0.1, 0.15) is 0 Å². The molecule has 3 rings (SSSR count). The molecule has 2 saturated heterocycles. The molecular formula is C17H22N4O3. The Bertz CT molecular complexity index is 591. The molecule has 24 heavy (non-hydrogen) atoms. The predicted octanol–water partition coefficient (Wildman–Crippen LogP) is -0.364. The molecule has 2 heterocycles. The zero-order valence-corrected chi connectivity index (χ0v) is 13.6. The number of para-hydroxylation sites is 1. The van der Waals surface area contributed by atoms with Gasteiger partial charge in [0.1, 0.15) is 0 Å². The van der Waals surface area contributed by atoms with E-state index in [9.17, 15) is 14.4 Å². The summed E-state index contributed by atoms with van der Waals surface area (Å²) in [7, 11) is 0. The summed E-state index contributed by atoms with van der Waals surface area (Å²) in [5.41, 5.74) is 1.14. The number of carbonyl (C=O) groups excluding carboxylic acids is 3. The quantitative estimate of drug-likeness (QED) is 0.549. The van der Waals surface area contributed by atoms with Gasteiger partial charge in [-0.15, -0.1) is 0 Å². The normalized spacial score (nSPS) is 18.5. The van der Waals surface area contributed by atoms with Gasteiger partial charge < -0.3 is 19.6 Å². The maximum Gasteiger partial charge on any atom is 0.312 e. The second-order valence-electron chi connectivity index (χ2n) is 6.05. The minimum absolute atomic E-state index is 0.424. The van der Waals surface area contributed by atoms with Crippen LogP contribution >= 0.6 is 0 Å². The summed E-state index contributed by atoms with van der Waals surface area (Å²) < 4.78 is 0. The van der Waals surface area contributed by atoms with E-state index in [1.165, 1.54) is 0 Å². The van der Waals surface area contributed by atoms with Gasteiger partial charge in [0.2, 0.25) is 6.41 Å². The average Bonchev–Trinajstić information content (AvgIpc) is 2.68. The molecule has 0 unspecified atom stereocenters. The zero-order chi connectivity index (χ0) is 16.9. The van der Waals surface area contributed by atoms with Gasteiger partial charge in [0.25, 0.3) is 0 Å². The van der Waals surface area contributed by atoms with Crippen LogP contribution < -0.4 is 4.90 Å². The fourth-order valence-corrected chi connectivity index (χ4v) is 3.11. The van der Waals surface area contributed by atoms with Gasteiger partial charge in [0, 0.05) is 58.0 Å². The van der Waals surface area contributed by atoms with Crippen molar-refractivity contribution in [2.75, 3.05) is 57.3 Å². The van der Waals surface area contributed by atoms with Gasteiger partial charge in [-0.1, -0.05) is 18.2 Å². The molecule has 0 atom stereocenters. The van der Waals surface area contributed by atoms with Crippen molar-refractivity contribution in [3.63, 3.8) is 0 Å². The van der Waals surface area contributed by atoms with E-state index >= 15 is 0 Å². The Morgan fingerprint density at radius 2 is 1.25 bits per heavy atom. The lowest BCUT2D eigenvalue weighted by atomic mass is 10.2. The van der Waals surface area contributed by atoms with Crippen molar-refractivity contribution in [3.05, 3.63) is 30.3 Å². The highest BCUT2D eigenvalue weighted by molar-refractivity contribution is 6.35. The molecule has 1 aromatic rings. The summed E-state index contributed by atoms with van der Waals surface area (Å²) in [4.78, 5) is 42.5. The molecule has 0 N–H and O–H groups in total. The zero-order valence-electron chi connectivity index (χ0n) is 13.6. The van der Waals surface area contributed by atoms with Crippen LogP contribution in [0.15, 0.2) is 30.3 Å². The third-order valence-corrected chi connectivity index (χ3v) is 4.62. The van der Waals surface area contributed by atoms with Crippen molar-refractivity contribution in [1.29, 1.82) is 0 Å². The Balaban J connectivity index is 1.51. The van der Waals surface area contributed by atoms with Gasteiger partial charge in [-0.25, -0.2) is 0 Å². The van der Waals surface area contributed by atoms with Gasteiger partial charge in [-0.3, -0.25) is 14.4 Å². The fourth-order valence-electron chi connectivity index (χ4n) is 3.11. The van der Waals surface area contributed by atoms with E-state index in [0.29, 0.717) is 39.3 Å². The smallest absolute Gasteiger partial charge is 0.312 e. The van der Waals surface area contributed by atoms with Crippen molar-refractivity contribution in [2.45, 2.75) is 0 Å². The molecule has 0 spiro atoms. The second kappa shape index (κ2) is 7.33. The number of carbonyl (C=O) groups is 3. The summed E-state index contributed by atoms with van der Waals surface area (Å²) >= 11 is 0. The lowest BCUT2D eigenvalue weighted by Crippen LogP contribution is -2.56. The highest BCUT2D eigenvalue weighted by atomic mass is 16.2. The maximum absolute atomic E-state index is 12.4. The number of anilines is 1. The molecule has 0 aliphatic carbocycles. The van der Waals surface area contributed by atoms with Crippen molar-refractivity contribution >= 4 is 23.9 Å². The predicted molar refractivity (Wildman–Crippen MR) is 89.5 cm³/mol. The maximum atomic E-state index is 12.4. The van der Waals surface area contributed by atoms with Gasteiger partial charge in [0.15, 0.2) is 0 Å². The van der Waals surface area contributed by atoms with E-state index < -0.39 is 11.8 Å². The summed E-state index contributed by atoms with van der Waals surface area (Å²) in [6.45, 7) is 4.38. The van der Waals surface area contributed by atoms with E-state index in [-0.39, 0.29) is 0 Å². The first-order valence-electron chi connectivity index (χ1n) is 8.26. The Kier molecular flexibility index (Phi) is 4.98. The molecule has 128 valence electrons. The van der Waals surface area contributed by atoms with Crippen LogP contribution in [0.5, 0.6) is 0 Å². The van der Waals surface area contributed by atoms with Crippen LogP contribution in [-0.4, -0.2) is 85.3 Å². The van der Waals surface area contributed by atoms with Gasteiger partial charge >= 0.3 is 11.8 Å². The average molecular weight is 330 g/mol. The molecule has 3 amide bonds. The summed E-state index contributed by atoms with van der Waals surface area (Å²) in [6.07, 6.45) is 0.784. The van der Waals surface area contributed by atoms with Crippen LogP contribution in [0.3, 0.4) is 0 Å². The minimum atomic E-state index is -0.450. The van der Waals surface area contributed by atoms with Gasteiger partial charge in [-0.2, -0.15) is 0 Å². The highest BCUT2D eigenvalue weighted by Gasteiger charge is 2.31. The Labute approximate surface area is 141 Å². The molecule has 0 bridgehead atoms. The first-order chi connectivity index (χ1) is 11.7. The molecule has 1 aromatic carbocycles. The highest BCUT2D eigenvalue weighted by Crippen LogP contribution is 2.16. The third-order valence-electron chi connectivity index (χ3n) is 4.62. The minimum Gasteiger partial charge on any atom is -0.368 e.